The number of hydrogen-bond acceptors (Lipinski definition) is 5. The van der Waals surface area contributed by atoms with Gasteiger partial charge in [0, 0.05) is 24.6 Å². The van der Waals surface area contributed by atoms with Crippen molar-refractivity contribution in [2.75, 3.05) is 13.2 Å². The van der Waals surface area contributed by atoms with Crippen molar-refractivity contribution in [1.29, 1.82) is 0 Å². The Balaban J connectivity index is 2.36. The molecule has 0 saturated carbocycles. The summed E-state index contributed by atoms with van der Waals surface area (Å²) in [7, 11) is 0.750. The van der Waals surface area contributed by atoms with Gasteiger partial charge >= 0.3 is 17.8 Å². The molecule has 1 saturated heterocycles. The lowest BCUT2D eigenvalue weighted by atomic mass is 9.93. The van der Waals surface area contributed by atoms with Gasteiger partial charge in [0.1, 0.15) is 5.69 Å². The SMILES string of the molecule is Cn1c(C(F)(F)F)cc(=O)n(-c2cc(C(=O)O)c(Cl)c(C3CCOOC3)c2F)c1=O. The van der Waals surface area contributed by atoms with Crippen LogP contribution in [-0.2, 0) is 23.0 Å². The average molecular weight is 453 g/mol. The Morgan fingerprint density at radius 2 is 1.93 bits per heavy atom. The predicted octanol–water partition coefficient (Wildman–Crippen LogP) is 2.48. The van der Waals surface area contributed by atoms with E-state index in [-0.39, 0.29) is 40.4 Å². The van der Waals surface area contributed by atoms with Crippen LogP contribution >= 0.6 is 11.6 Å². The Morgan fingerprint density at radius 3 is 2.47 bits per heavy atom. The number of halogens is 5. The first kappa shape index (κ1) is 22.0. The molecule has 2 heterocycles. The summed E-state index contributed by atoms with van der Waals surface area (Å²) >= 11 is 6.06. The first-order valence-corrected chi connectivity index (χ1v) is 8.73. The van der Waals surface area contributed by atoms with Crippen LogP contribution in [0.5, 0.6) is 0 Å². The van der Waals surface area contributed by atoms with Gasteiger partial charge < -0.3 is 5.11 Å². The van der Waals surface area contributed by atoms with Crippen molar-refractivity contribution in [1.82, 2.24) is 9.13 Å². The highest BCUT2D eigenvalue weighted by atomic mass is 35.5. The highest BCUT2D eigenvalue weighted by molar-refractivity contribution is 6.34. The van der Waals surface area contributed by atoms with Gasteiger partial charge in [-0.2, -0.15) is 13.2 Å². The highest BCUT2D eigenvalue weighted by Gasteiger charge is 2.36. The number of alkyl halides is 3. The van der Waals surface area contributed by atoms with Crippen LogP contribution in [0, 0.1) is 5.82 Å². The number of carbonyl (C=O) groups is 1. The summed E-state index contributed by atoms with van der Waals surface area (Å²) in [6.07, 6.45) is -4.83. The predicted molar refractivity (Wildman–Crippen MR) is 93.5 cm³/mol. The lowest BCUT2D eigenvalue weighted by molar-refractivity contribution is -0.317. The largest absolute Gasteiger partial charge is 0.478 e. The molecule has 1 unspecified atom stereocenters. The molecule has 0 amide bonds. The summed E-state index contributed by atoms with van der Waals surface area (Å²) in [5, 5.41) is 8.94. The number of aromatic carboxylic acids is 1. The van der Waals surface area contributed by atoms with E-state index in [0.29, 0.717) is 6.07 Å². The molecule has 2 aromatic rings. The maximum Gasteiger partial charge on any atom is 0.431 e. The maximum atomic E-state index is 15.4. The number of hydrogen-bond donors (Lipinski definition) is 1. The second kappa shape index (κ2) is 7.85. The molecule has 1 aromatic heterocycles. The van der Waals surface area contributed by atoms with E-state index in [1.165, 1.54) is 0 Å². The molecule has 162 valence electrons. The van der Waals surface area contributed by atoms with Crippen LogP contribution in [0.3, 0.4) is 0 Å². The van der Waals surface area contributed by atoms with Crippen LogP contribution in [0.2, 0.25) is 5.02 Å². The number of aromatic nitrogens is 2. The van der Waals surface area contributed by atoms with Crippen LogP contribution in [0.4, 0.5) is 17.6 Å². The molecule has 0 spiro atoms. The summed E-state index contributed by atoms with van der Waals surface area (Å²) in [5.74, 6) is -3.59. The van der Waals surface area contributed by atoms with Crippen molar-refractivity contribution >= 4 is 17.6 Å². The Kier molecular flexibility index (Phi) is 5.76. The molecule has 3 rings (SSSR count). The van der Waals surface area contributed by atoms with Gasteiger partial charge in [-0.15, -0.1) is 0 Å². The molecule has 1 aliphatic rings. The summed E-state index contributed by atoms with van der Waals surface area (Å²) in [5.41, 5.74) is -6.36. The Hall–Kier alpha value is -2.70. The minimum Gasteiger partial charge on any atom is -0.478 e. The van der Waals surface area contributed by atoms with Gasteiger partial charge in [0.25, 0.3) is 5.56 Å². The minimum absolute atomic E-state index is 0.0368. The molecule has 30 heavy (non-hydrogen) atoms. The molecule has 1 fully saturated rings. The molecule has 1 aliphatic heterocycles. The van der Waals surface area contributed by atoms with Crippen molar-refractivity contribution in [3.63, 3.8) is 0 Å². The molecule has 1 atom stereocenters. The second-order valence-corrected chi connectivity index (χ2v) is 6.80. The highest BCUT2D eigenvalue weighted by Crippen LogP contribution is 2.37. The number of carboxylic acids is 1. The summed E-state index contributed by atoms with van der Waals surface area (Å²) < 4.78 is 54.8. The summed E-state index contributed by atoms with van der Waals surface area (Å²) in [4.78, 5) is 45.9. The van der Waals surface area contributed by atoms with E-state index in [1.807, 2.05) is 0 Å². The molecule has 1 aromatic carbocycles. The van der Waals surface area contributed by atoms with E-state index in [9.17, 15) is 32.7 Å². The zero-order valence-corrected chi connectivity index (χ0v) is 15.9. The summed E-state index contributed by atoms with van der Waals surface area (Å²) in [6, 6.07) is 0.743. The van der Waals surface area contributed by atoms with E-state index in [0.717, 1.165) is 7.05 Å². The van der Waals surface area contributed by atoms with Gasteiger partial charge in [-0.3, -0.25) is 9.36 Å². The molecule has 0 bridgehead atoms. The topological polar surface area (TPSA) is 99.8 Å². The van der Waals surface area contributed by atoms with E-state index < -0.39 is 57.1 Å². The Morgan fingerprint density at radius 1 is 1.27 bits per heavy atom. The second-order valence-electron chi connectivity index (χ2n) is 6.42. The van der Waals surface area contributed by atoms with Crippen molar-refractivity contribution in [3.8, 4) is 5.69 Å². The summed E-state index contributed by atoms with van der Waals surface area (Å²) in [6.45, 7) is -0.159. The Bertz CT molecular complexity index is 1140. The Labute approximate surface area is 169 Å². The van der Waals surface area contributed by atoms with Crippen LogP contribution in [0.15, 0.2) is 21.7 Å². The fourth-order valence-corrected chi connectivity index (χ4v) is 3.50. The minimum atomic E-state index is -5.01. The van der Waals surface area contributed by atoms with E-state index in [2.05, 4.69) is 0 Å². The van der Waals surface area contributed by atoms with E-state index in [1.54, 1.807) is 0 Å². The molecular formula is C17H13ClF4N2O6. The molecule has 0 radical (unpaired) electrons. The van der Waals surface area contributed by atoms with E-state index in [4.69, 9.17) is 21.4 Å². The number of nitrogens with zero attached hydrogens (tertiary/aromatic N) is 2. The monoisotopic (exact) mass is 452 g/mol. The van der Waals surface area contributed by atoms with Crippen LogP contribution in [0.25, 0.3) is 5.69 Å². The quantitative estimate of drug-likeness (QED) is 0.567. The molecule has 13 heteroatoms. The first-order valence-electron chi connectivity index (χ1n) is 8.35. The average Bonchev–Trinajstić information content (AvgIpc) is 2.66. The third-order valence-electron chi connectivity index (χ3n) is 4.61. The van der Waals surface area contributed by atoms with E-state index >= 15 is 4.39 Å². The van der Waals surface area contributed by atoms with Gasteiger partial charge in [0.15, 0.2) is 5.82 Å². The van der Waals surface area contributed by atoms with Crippen LogP contribution in [0.1, 0.15) is 34.0 Å². The maximum absolute atomic E-state index is 15.4. The molecule has 8 nitrogen and oxygen atoms in total. The lowest BCUT2D eigenvalue weighted by Crippen LogP contribution is -2.41. The standard InChI is InChI=1S/C17H13ClF4N2O6/c1-23-10(17(20,21)22)5-11(25)24(16(23)28)9-4-8(15(26)27)13(18)12(14(9)19)7-2-3-29-30-6-7/h4-5,7H,2-3,6H2,1H3,(H,26,27). The molecule has 0 aliphatic carbocycles. The number of rotatable bonds is 3. The lowest BCUT2D eigenvalue weighted by Gasteiger charge is -2.24. The van der Waals surface area contributed by atoms with Gasteiger partial charge in [-0.25, -0.2) is 28.3 Å². The van der Waals surface area contributed by atoms with Crippen molar-refractivity contribution in [2.45, 2.75) is 18.5 Å². The van der Waals surface area contributed by atoms with Crippen molar-refractivity contribution in [2.24, 2.45) is 7.05 Å². The van der Waals surface area contributed by atoms with Gasteiger partial charge in [-0.1, -0.05) is 11.6 Å². The smallest absolute Gasteiger partial charge is 0.431 e. The van der Waals surface area contributed by atoms with Crippen LogP contribution in [-0.4, -0.2) is 33.4 Å². The van der Waals surface area contributed by atoms with Crippen molar-refractivity contribution in [3.05, 3.63) is 60.6 Å². The fraction of sp³-hybridized carbons (Fsp3) is 0.353. The van der Waals surface area contributed by atoms with Gasteiger partial charge in [-0.05, 0) is 12.5 Å². The fourth-order valence-electron chi connectivity index (χ4n) is 3.13. The van der Waals surface area contributed by atoms with Gasteiger partial charge in [0.05, 0.1) is 29.5 Å². The molecular weight excluding hydrogens is 440 g/mol. The van der Waals surface area contributed by atoms with Gasteiger partial charge in [0.2, 0.25) is 0 Å². The normalized spacial score (nSPS) is 17.2. The third kappa shape index (κ3) is 3.73. The zero-order chi connectivity index (χ0) is 22.4. The van der Waals surface area contributed by atoms with Crippen LogP contribution < -0.4 is 11.2 Å². The number of carboxylic acid groups (broad SMARTS) is 1. The number of benzene rings is 1. The van der Waals surface area contributed by atoms with Crippen molar-refractivity contribution < 1.29 is 37.2 Å². The zero-order valence-electron chi connectivity index (χ0n) is 15.1. The first-order chi connectivity index (χ1) is 13.9. The third-order valence-corrected chi connectivity index (χ3v) is 5.01. The molecule has 1 N–H and O–H groups in total.